The molecule has 1 atom stereocenters. The van der Waals surface area contributed by atoms with Crippen molar-refractivity contribution < 1.29 is 35.9 Å². The monoisotopic (exact) mass is 610 g/mol. The normalized spacial score (nSPS) is 24.4. The van der Waals surface area contributed by atoms with Crippen LogP contribution in [0.2, 0.25) is 5.02 Å². The lowest BCUT2D eigenvalue weighted by Gasteiger charge is -2.45. The highest BCUT2D eigenvalue weighted by molar-refractivity contribution is 7.92. The number of hydrogen-bond donors (Lipinski definition) is 2. The number of benzene rings is 3. The number of halogens is 5. The van der Waals surface area contributed by atoms with Crippen LogP contribution in [0.4, 0.5) is 23.2 Å². The second-order valence-corrected chi connectivity index (χ2v) is 12.8. The van der Waals surface area contributed by atoms with E-state index in [2.05, 4.69) is 5.32 Å². The van der Waals surface area contributed by atoms with E-state index in [0.717, 1.165) is 28.6 Å². The molecule has 1 fully saturated rings. The van der Waals surface area contributed by atoms with Gasteiger partial charge < -0.3 is 10.4 Å². The Morgan fingerprint density at radius 3 is 2.29 bits per heavy atom. The van der Waals surface area contributed by atoms with Crippen LogP contribution in [-0.4, -0.2) is 37.3 Å². The molecule has 12 heteroatoms. The third-order valence-electron chi connectivity index (χ3n) is 8.45. The first-order chi connectivity index (χ1) is 19.2. The van der Waals surface area contributed by atoms with Gasteiger partial charge in [-0.25, -0.2) is 12.8 Å². The number of carbonyl (C=O) groups is 1. The van der Waals surface area contributed by atoms with Gasteiger partial charge in [0, 0.05) is 22.5 Å². The fourth-order valence-corrected chi connectivity index (χ4v) is 7.93. The van der Waals surface area contributed by atoms with E-state index in [1.54, 1.807) is 31.2 Å². The van der Waals surface area contributed by atoms with Crippen LogP contribution < -0.4 is 9.62 Å². The number of amides is 1. The summed E-state index contributed by atoms with van der Waals surface area (Å²) in [6.07, 6.45) is -6.45. The molecular formula is C29H27ClF4N2O4S. The average molecular weight is 611 g/mol. The van der Waals surface area contributed by atoms with E-state index >= 15 is 0 Å². The standard InChI is InChI=1S/C29H27ClF4N2O4S/c1-18-27(12-14-28(38,15-13-27)29(32,33)34)23-16-19(26(37)35-17-20-4-2-3-5-24(20)30)6-11-25(23)36(18)41(39,40)22-9-7-21(31)8-10-22/h2-11,16,18,38H,12-15,17H2,1H3,(H,35,37). The summed E-state index contributed by atoms with van der Waals surface area (Å²) in [4.78, 5) is 13.0. The van der Waals surface area contributed by atoms with Gasteiger partial charge in [0.05, 0.1) is 16.6 Å². The number of nitrogens with one attached hydrogen (secondary N) is 1. The molecule has 1 heterocycles. The lowest BCUT2D eigenvalue weighted by molar-refractivity contribution is -0.273. The molecule has 218 valence electrons. The predicted octanol–water partition coefficient (Wildman–Crippen LogP) is 6.11. The second-order valence-electron chi connectivity index (χ2n) is 10.6. The lowest BCUT2D eigenvalue weighted by Crippen LogP contribution is -2.54. The number of anilines is 1. The lowest BCUT2D eigenvalue weighted by atomic mass is 9.63. The van der Waals surface area contributed by atoms with E-state index in [4.69, 9.17) is 11.6 Å². The highest BCUT2D eigenvalue weighted by Crippen LogP contribution is 2.58. The van der Waals surface area contributed by atoms with E-state index in [-0.39, 0.29) is 35.5 Å². The highest BCUT2D eigenvalue weighted by atomic mass is 35.5. The van der Waals surface area contributed by atoms with Gasteiger partial charge in [0.15, 0.2) is 5.60 Å². The molecule has 1 aliphatic carbocycles. The molecule has 3 aromatic rings. The molecule has 1 amide bonds. The molecule has 1 saturated carbocycles. The molecule has 41 heavy (non-hydrogen) atoms. The van der Waals surface area contributed by atoms with Gasteiger partial charge in [0.2, 0.25) is 0 Å². The van der Waals surface area contributed by atoms with Crippen LogP contribution in [0.15, 0.2) is 71.6 Å². The first-order valence-corrected chi connectivity index (χ1v) is 14.8. The van der Waals surface area contributed by atoms with Crippen LogP contribution >= 0.6 is 11.6 Å². The van der Waals surface area contributed by atoms with Crippen LogP contribution in [0.1, 0.15) is 54.1 Å². The minimum Gasteiger partial charge on any atom is -0.380 e. The molecule has 1 spiro atoms. The Morgan fingerprint density at radius 2 is 1.68 bits per heavy atom. The summed E-state index contributed by atoms with van der Waals surface area (Å²) in [5, 5.41) is 13.6. The van der Waals surface area contributed by atoms with Crippen LogP contribution in [0.25, 0.3) is 0 Å². The first-order valence-electron chi connectivity index (χ1n) is 12.9. The van der Waals surface area contributed by atoms with Crippen molar-refractivity contribution >= 4 is 33.2 Å². The van der Waals surface area contributed by atoms with E-state index in [1.807, 2.05) is 0 Å². The molecule has 0 aromatic heterocycles. The molecule has 0 saturated heterocycles. The fraction of sp³-hybridized carbons (Fsp3) is 0.345. The number of fused-ring (bicyclic) bond motifs is 2. The summed E-state index contributed by atoms with van der Waals surface area (Å²) in [6.45, 7) is 1.73. The molecule has 2 aliphatic rings. The van der Waals surface area contributed by atoms with Gasteiger partial charge in [0.1, 0.15) is 5.82 Å². The number of carbonyl (C=O) groups excluding carboxylic acids is 1. The summed E-state index contributed by atoms with van der Waals surface area (Å²) in [6, 6.07) is 14.8. The molecule has 5 rings (SSSR count). The quantitative estimate of drug-likeness (QED) is 0.341. The maximum absolute atomic E-state index is 13.8. The number of hydrogen-bond acceptors (Lipinski definition) is 4. The van der Waals surface area contributed by atoms with Crippen LogP contribution in [-0.2, 0) is 22.0 Å². The Labute approximate surface area is 240 Å². The molecule has 1 unspecified atom stereocenters. The van der Waals surface area contributed by atoms with Gasteiger partial charge in [-0.1, -0.05) is 29.8 Å². The largest absolute Gasteiger partial charge is 0.417 e. The van der Waals surface area contributed by atoms with Gasteiger partial charge in [-0.15, -0.1) is 0 Å². The number of rotatable bonds is 5. The Balaban J connectivity index is 1.55. The van der Waals surface area contributed by atoms with E-state index < -0.39 is 57.8 Å². The molecule has 1 aliphatic heterocycles. The number of nitrogens with zero attached hydrogens (tertiary/aromatic N) is 1. The van der Waals surface area contributed by atoms with Crippen molar-refractivity contribution in [2.75, 3.05) is 4.31 Å². The number of sulfonamides is 1. The maximum Gasteiger partial charge on any atom is 0.417 e. The molecule has 0 radical (unpaired) electrons. The Kier molecular flexibility index (Phi) is 7.36. The molecular weight excluding hydrogens is 584 g/mol. The number of alkyl halides is 3. The Bertz CT molecular complexity index is 1590. The van der Waals surface area contributed by atoms with E-state index in [9.17, 15) is 35.9 Å². The Hall–Kier alpha value is -3.15. The zero-order valence-corrected chi connectivity index (χ0v) is 23.5. The molecule has 6 nitrogen and oxygen atoms in total. The minimum atomic E-state index is -4.85. The third-order valence-corrected chi connectivity index (χ3v) is 10.7. The molecule has 2 N–H and O–H groups in total. The van der Waals surface area contributed by atoms with Crippen molar-refractivity contribution in [2.45, 2.75) is 67.3 Å². The van der Waals surface area contributed by atoms with Crippen LogP contribution in [0.3, 0.4) is 0 Å². The number of aliphatic hydroxyl groups is 1. The van der Waals surface area contributed by atoms with Crippen molar-refractivity contribution in [3.8, 4) is 0 Å². The van der Waals surface area contributed by atoms with E-state index in [1.165, 1.54) is 18.2 Å². The van der Waals surface area contributed by atoms with Crippen LogP contribution in [0, 0.1) is 5.82 Å². The van der Waals surface area contributed by atoms with Crippen LogP contribution in [0.5, 0.6) is 0 Å². The summed E-state index contributed by atoms with van der Waals surface area (Å²) < 4.78 is 83.4. The van der Waals surface area contributed by atoms with Crippen molar-refractivity contribution in [3.63, 3.8) is 0 Å². The average Bonchev–Trinajstić information content (AvgIpc) is 3.16. The maximum atomic E-state index is 13.8. The van der Waals surface area contributed by atoms with Gasteiger partial charge >= 0.3 is 6.18 Å². The minimum absolute atomic E-state index is 0.126. The molecule has 0 bridgehead atoms. The van der Waals surface area contributed by atoms with E-state index in [0.29, 0.717) is 16.1 Å². The van der Waals surface area contributed by atoms with Crippen molar-refractivity contribution in [3.05, 3.63) is 94.3 Å². The highest BCUT2D eigenvalue weighted by Gasteiger charge is 2.61. The predicted molar refractivity (Wildman–Crippen MR) is 146 cm³/mol. The van der Waals surface area contributed by atoms with Crippen molar-refractivity contribution in [1.29, 1.82) is 0 Å². The summed E-state index contributed by atoms with van der Waals surface area (Å²) in [5.74, 6) is -1.10. The smallest absolute Gasteiger partial charge is 0.380 e. The first kappa shape index (κ1) is 29.3. The SMILES string of the molecule is CC1N(S(=O)(=O)c2ccc(F)cc2)c2ccc(C(=O)NCc3ccccc3Cl)cc2C12CCC(O)(C(F)(F)F)CC2. The van der Waals surface area contributed by atoms with Crippen molar-refractivity contribution in [2.24, 2.45) is 0 Å². The van der Waals surface area contributed by atoms with Gasteiger partial charge in [-0.2, -0.15) is 13.2 Å². The van der Waals surface area contributed by atoms with Gasteiger partial charge in [-0.05, 0) is 92.3 Å². The molecule has 3 aromatic carbocycles. The zero-order valence-electron chi connectivity index (χ0n) is 21.9. The topological polar surface area (TPSA) is 86.7 Å². The summed E-state index contributed by atoms with van der Waals surface area (Å²) in [7, 11) is -4.27. The Morgan fingerprint density at radius 1 is 1.05 bits per heavy atom. The van der Waals surface area contributed by atoms with Gasteiger partial charge in [0.25, 0.3) is 15.9 Å². The fourth-order valence-electron chi connectivity index (χ4n) is 5.98. The summed E-state index contributed by atoms with van der Waals surface area (Å²) in [5.41, 5.74) is -2.50. The third kappa shape index (κ3) is 4.97. The van der Waals surface area contributed by atoms with Crippen molar-refractivity contribution in [1.82, 2.24) is 5.32 Å². The zero-order chi connectivity index (χ0) is 29.8. The second kappa shape index (κ2) is 10.3. The van der Waals surface area contributed by atoms with Gasteiger partial charge in [-0.3, -0.25) is 9.10 Å². The summed E-state index contributed by atoms with van der Waals surface area (Å²) >= 11 is 6.18.